The van der Waals surface area contributed by atoms with E-state index in [1.165, 1.54) is 39.9 Å². The van der Waals surface area contributed by atoms with Gasteiger partial charge in [0.05, 0.1) is 17.9 Å². The maximum atomic E-state index is 14.9. The number of hydrogen-bond donors (Lipinski definition) is 1. The molecule has 176 valence electrons. The number of carbonyl (C=O) groups excluding carboxylic acids is 2. The molecule has 0 bridgehead atoms. The van der Waals surface area contributed by atoms with Crippen LogP contribution in [0.4, 0.5) is 14.9 Å². The number of nitrogens with one attached hydrogen (secondary N) is 1. The Labute approximate surface area is 196 Å². The lowest BCUT2D eigenvalue weighted by atomic mass is 9.98. The molecular formula is C25H25FN4O4. The number of benzene rings is 1. The van der Waals surface area contributed by atoms with E-state index in [0.717, 1.165) is 5.56 Å². The normalized spacial score (nSPS) is 15.4. The van der Waals surface area contributed by atoms with Crippen molar-refractivity contribution < 1.29 is 18.7 Å². The fourth-order valence-corrected chi connectivity index (χ4v) is 3.74. The Bertz CT molecular complexity index is 1300. The van der Waals surface area contributed by atoms with Crippen molar-refractivity contribution in [3.8, 4) is 5.69 Å². The first-order chi connectivity index (χ1) is 16.1. The molecule has 2 amide bonds. The van der Waals surface area contributed by atoms with Gasteiger partial charge in [0.1, 0.15) is 17.5 Å². The van der Waals surface area contributed by atoms with E-state index in [0.29, 0.717) is 11.4 Å². The first-order valence-electron chi connectivity index (χ1n) is 10.8. The van der Waals surface area contributed by atoms with Gasteiger partial charge in [-0.3, -0.25) is 24.0 Å². The Morgan fingerprint density at radius 3 is 2.65 bits per heavy atom. The highest BCUT2D eigenvalue weighted by molar-refractivity contribution is 5.97. The summed E-state index contributed by atoms with van der Waals surface area (Å²) in [6.07, 6.45) is 2.68. The van der Waals surface area contributed by atoms with E-state index in [2.05, 4.69) is 10.3 Å². The Kier molecular flexibility index (Phi) is 6.19. The Morgan fingerprint density at radius 2 is 1.94 bits per heavy atom. The SMILES string of the molecule is CC(C)(C)OC(=O)N1Cc2cccnc2CC1C(=O)Nc1ccc(-n2ccccc2=O)cc1F. The third-order valence-electron chi connectivity index (χ3n) is 5.33. The van der Waals surface area contributed by atoms with Crippen LogP contribution in [-0.2, 0) is 22.5 Å². The van der Waals surface area contributed by atoms with E-state index in [1.807, 2.05) is 6.07 Å². The lowest BCUT2D eigenvalue weighted by molar-refractivity contribution is -0.122. The number of ether oxygens (including phenoxy) is 1. The molecule has 1 N–H and O–H groups in total. The van der Waals surface area contributed by atoms with Gasteiger partial charge in [-0.05, 0) is 50.6 Å². The fourth-order valence-electron chi connectivity index (χ4n) is 3.74. The molecular weight excluding hydrogens is 439 g/mol. The van der Waals surface area contributed by atoms with Crippen LogP contribution in [0.25, 0.3) is 5.69 Å². The number of halogens is 1. The van der Waals surface area contributed by atoms with Crippen molar-refractivity contribution in [2.75, 3.05) is 5.32 Å². The summed E-state index contributed by atoms with van der Waals surface area (Å²) in [4.78, 5) is 43.8. The zero-order valence-corrected chi connectivity index (χ0v) is 19.1. The van der Waals surface area contributed by atoms with Crippen LogP contribution in [0.3, 0.4) is 0 Å². The molecule has 3 heterocycles. The van der Waals surface area contributed by atoms with Crippen LogP contribution in [0.1, 0.15) is 32.0 Å². The summed E-state index contributed by atoms with van der Waals surface area (Å²) in [6.45, 7) is 5.38. The molecule has 1 aliphatic rings. The quantitative estimate of drug-likeness (QED) is 0.638. The molecule has 4 rings (SSSR count). The smallest absolute Gasteiger partial charge is 0.411 e. The van der Waals surface area contributed by atoms with Gasteiger partial charge < -0.3 is 10.1 Å². The van der Waals surface area contributed by atoms with Crippen LogP contribution in [0.5, 0.6) is 0 Å². The Hall–Kier alpha value is -4.01. The first kappa shape index (κ1) is 23.2. The number of anilines is 1. The highest BCUT2D eigenvalue weighted by atomic mass is 19.1. The van der Waals surface area contributed by atoms with Crippen molar-refractivity contribution >= 4 is 17.7 Å². The van der Waals surface area contributed by atoms with E-state index in [1.54, 1.807) is 45.2 Å². The van der Waals surface area contributed by atoms with Gasteiger partial charge in [0.15, 0.2) is 0 Å². The summed E-state index contributed by atoms with van der Waals surface area (Å²) in [7, 11) is 0. The van der Waals surface area contributed by atoms with E-state index >= 15 is 0 Å². The van der Waals surface area contributed by atoms with Gasteiger partial charge in [0, 0.05) is 36.6 Å². The molecule has 34 heavy (non-hydrogen) atoms. The summed E-state index contributed by atoms with van der Waals surface area (Å²) >= 11 is 0. The third-order valence-corrected chi connectivity index (χ3v) is 5.33. The van der Waals surface area contributed by atoms with Gasteiger partial charge >= 0.3 is 6.09 Å². The topological polar surface area (TPSA) is 93.5 Å². The minimum atomic E-state index is -0.937. The lowest BCUT2D eigenvalue weighted by Crippen LogP contribution is -2.52. The van der Waals surface area contributed by atoms with Crippen molar-refractivity contribution in [1.29, 1.82) is 0 Å². The van der Waals surface area contributed by atoms with Gasteiger partial charge in [-0.15, -0.1) is 0 Å². The molecule has 8 nitrogen and oxygen atoms in total. The van der Waals surface area contributed by atoms with Gasteiger partial charge in [0.2, 0.25) is 5.91 Å². The van der Waals surface area contributed by atoms with E-state index in [4.69, 9.17) is 4.74 Å². The zero-order chi connectivity index (χ0) is 24.5. The fraction of sp³-hybridized carbons (Fsp3) is 0.280. The molecule has 1 aliphatic heterocycles. The highest BCUT2D eigenvalue weighted by Crippen LogP contribution is 2.26. The van der Waals surface area contributed by atoms with E-state index in [-0.39, 0.29) is 24.2 Å². The summed E-state index contributed by atoms with van der Waals surface area (Å²) < 4.78 is 21.7. The third kappa shape index (κ3) is 4.98. The molecule has 0 fully saturated rings. The van der Waals surface area contributed by atoms with Crippen LogP contribution < -0.4 is 10.9 Å². The van der Waals surface area contributed by atoms with Crippen LogP contribution in [0.2, 0.25) is 0 Å². The first-order valence-corrected chi connectivity index (χ1v) is 10.8. The Balaban J connectivity index is 1.59. The van der Waals surface area contributed by atoms with Crippen LogP contribution in [0, 0.1) is 5.82 Å². The number of rotatable bonds is 3. The average Bonchev–Trinajstić information content (AvgIpc) is 2.78. The molecule has 1 atom stereocenters. The second kappa shape index (κ2) is 9.09. The summed E-state index contributed by atoms with van der Waals surface area (Å²) in [5.41, 5.74) is 0.731. The van der Waals surface area contributed by atoms with E-state index in [9.17, 15) is 18.8 Å². The minimum absolute atomic E-state index is 0.0614. The predicted octanol–water partition coefficient (Wildman–Crippen LogP) is 3.67. The maximum absolute atomic E-state index is 14.9. The molecule has 3 aromatic rings. The molecule has 0 saturated carbocycles. The molecule has 1 aromatic carbocycles. The summed E-state index contributed by atoms with van der Waals surface area (Å²) in [5, 5.41) is 2.57. The van der Waals surface area contributed by atoms with Crippen molar-refractivity contribution in [1.82, 2.24) is 14.5 Å². The van der Waals surface area contributed by atoms with Crippen molar-refractivity contribution in [2.45, 2.75) is 45.4 Å². The molecule has 2 aromatic heterocycles. The van der Waals surface area contributed by atoms with Gasteiger partial charge in [-0.25, -0.2) is 9.18 Å². The lowest BCUT2D eigenvalue weighted by Gasteiger charge is -2.36. The maximum Gasteiger partial charge on any atom is 0.411 e. The number of fused-ring (bicyclic) bond motifs is 1. The largest absolute Gasteiger partial charge is 0.444 e. The molecule has 0 radical (unpaired) electrons. The van der Waals surface area contributed by atoms with Crippen molar-refractivity contribution in [2.24, 2.45) is 0 Å². The van der Waals surface area contributed by atoms with E-state index < -0.39 is 29.5 Å². The number of amides is 2. The second-order valence-electron chi connectivity index (χ2n) is 9.00. The minimum Gasteiger partial charge on any atom is -0.444 e. The van der Waals surface area contributed by atoms with Gasteiger partial charge in [-0.2, -0.15) is 0 Å². The number of nitrogens with zero attached hydrogens (tertiary/aromatic N) is 3. The van der Waals surface area contributed by atoms with Crippen LogP contribution >= 0.6 is 0 Å². The summed E-state index contributed by atoms with van der Waals surface area (Å²) in [6, 6.07) is 11.4. The molecule has 0 saturated heterocycles. The highest BCUT2D eigenvalue weighted by Gasteiger charge is 2.37. The number of carbonyl (C=O) groups is 2. The second-order valence-corrected chi connectivity index (χ2v) is 9.00. The molecule has 0 spiro atoms. The number of pyridine rings is 2. The van der Waals surface area contributed by atoms with Crippen molar-refractivity contribution in [3.05, 3.63) is 88.4 Å². The molecule has 9 heteroatoms. The average molecular weight is 464 g/mol. The number of aromatic nitrogens is 2. The standard InChI is InChI=1S/C25H25FN4O4/c1-25(2,3)34-24(33)30-15-16-7-6-11-27-20(16)14-21(30)23(32)28-19-10-9-17(13-18(19)26)29-12-5-4-8-22(29)31/h4-13,21H,14-15H2,1-3H3,(H,28,32). The zero-order valence-electron chi connectivity index (χ0n) is 19.1. The predicted molar refractivity (Wildman–Crippen MR) is 124 cm³/mol. The Morgan fingerprint density at radius 1 is 1.15 bits per heavy atom. The van der Waals surface area contributed by atoms with Gasteiger partial charge in [0.25, 0.3) is 5.56 Å². The van der Waals surface area contributed by atoms with Crippen molar-refractivity contribution in [3.63, 3.8) is 0 Å². The van der Waals surface area contributed by atoms with Crippen LogP contribution in [-0.4, -0.2) is 38.1 Å². The van der Waals surface area contributed by atoms with Gasteiger partial charge in [-0.1, -0.05) is 12.1 Å². The molecule has 0 aliphatic carbocycles. The number of hydrogen-bond acceptors (Lipinski definition) is 5. The summed E-state index contributed by atoms with van der Waals surface area (Å²) in [5.74, 6) is -1.27. The molecule has 1 unspecified atom stereocenters. The monoisotopic (exact) mass is 464 g/mol. The van der Waals surface area contributed by atoms with Crippen LogP contribution in [0.15, 0.2) is 65.7 Å².